The molecule has 104 valence electrons. The highest BCUT2D eigenvalue weighted by Crippen LogP contribution is 2.46. The fourth-order valence-corrected chi connectivity index (χ4v) is 3.56. The molecule has 2 amide bonds. The summed E-state index contributed by atoms with van der Waals surface area (Å²) in [4.78, 5) is 26.3. The van der Waals surface area contributed by atoms with Crippen molar-refractivity contribution in [3.05, 3.63) is 11.6 Å². The van der Waals surface area contributed by atoms with Crippen molar-refractivity contribution in [2.75, 3.05) is 6.54 Å². The van der Waals surface area contributed by atoms with Crippen molar-refractivity contribution >= 4 is 24.1 Å². The Morgan fingerprint density at radius 2 is 2.26 bits per heavy atom. The second-order valence-corrected chi connectivity index (χ2v) is 6.43. The number of rotatable bonds is 5. The summed E-state index contributed by atoms with van der Waals surface area (Å²) >= 11 is 1.37. The summed E-state index contributed by atoms with van der Waals surface area (Å²) in [6.45, 7) is 0.881. The van der Waals surface area contributed by atoms with Crippen molar-refractivity contribution in [3.8, 4) is 0 Å². The van der Waals surface area contributed by atoms with Crippen LogP contribution >= 0.6 is 11.8 Å². The first kappa shape index (κ1) is 13.0. The molecule has 19 heavy (non-hydrogen) atoms. The van der Waals surface area contributed by atoms with E-state index in [0.717, 1.165) is 25.7 Å². The highest BCUT2D eigenvalue weighted by molar-refractivity contribution is 8.04. The SMILES string of the molecule is NNC(=O)N1C=CSC1(C=O)N(CC1CC1)C1CC1. The molecule has 1 unspecified atom stereocenters. The predicted octanol–water partition coefficient (Wildman–Crippen LogP) is 0.817. The molecule has 2 fully saturated rings. The Morgan fingerprint density at radius 3 is 2.79 bits per heavy atom. The van der Waals surface area contributed by atoms with Crippen molar-refractivity contribution in [2.45, 2.75) is 36.7 Å². The van der Waals surface area contributed by atoms with Crippen LogP contribution in [0.15, 0.2) is 11.6 Å². The number of thioether (sulfide) groups is 1. The fraction of sp³-hybridized carbons (Fsp3) is 0.667. The molecule has 6 nitrogen and oxygen atoms in total. The number of hydrogen-bond acceptors (Lipinski definition) is 5. The second-order valence-electron chi connectivity index (χ2n) is 5.33. The Bertz CT molecular complexity index is 422. The van der Waals surface area contributed by atoms with Crippen LogP contribution in [0.3, 0.4) is 0 Å². The van der Waals surface area contributed by atoms with Crippen LogP contribution < -0.4 is 11.3 Å². The zero-order valence-corrected chi connectivity index (χ0v) is 11.4. The zero-order valence-electron chi connectivity index (χ0n) is 10.6. The largest absolute Gasteiger partial charge is 0.338 e. The van der Waals surface area contributed by atoms with Gasteiger partial charge in [0.2, 0.25) is 4.99 Å². The highest BCUT2D eigenvalue weighted by Gasteiger charge is 2.53. The number of nitrogens with zero attached hydrogens (tertiary/aromatic N) is 2. The van der Waals surface area contributed by atoms with Crippen LogP contribution in [0.5, 0.6) is 0 Å². The third kappa shape index (κ3) is 2.26. The summed E-state index contributed by atoms with van der Waals surface area (Å²) in [5, 5.41) is 1.78. The van der Waals surface area contributed by atoms with E-state index in [0.29, 0.717) is 12.0 Å². The lowest BCUT2D eigenvalue weighted by Crippen LogP contribution is -2.61. The molecule has 0 bridgehead atoms. The topological polar surface area (TPSA) is 78.7 Å². The molecular weight excluding hydrogens is 264 g/mol. The van der Waals surface area contributed by atoms with Gasteiger partial charge in [-0.2, -0.15) is 0 Å². The normalized spacial score (nSPS) is 29.9. The third-order valence-corrected chi connectivity index (χ3v) is 4.98. The number of urea groups is 1. The number of carbonyl (C=O) groups is 2. The lowest BCUT2D eigenvalue weighted by molar-refractivity contribution is -0.119. The zero-order chi connectivity index (χ0) is 13.5. The number of hydrazine groups is 1. The van der Waals surface area contributed by atoms with E-state index in [2.05, 4.69) is 10.3 Å². The monoisotopic (exact) mass is 282 g/mol. The Kier molecular flexibility index (Phi) is 3.28. The van der Waals surface area contributed by atoms with E-state index in [1.807, 2.05) is 0 Å². The molecule has 0 aromatic heterocycles. The van der Waals surface area contributed by atoms with Crippen LogP contribution in [0, 0.1) is 5.92 Å². The third-order valence-electron chi connectivity index (χ3n) is 3.84. The number of amides is 2. The van der Waals surface area contributed by atoms with Gasteiger partial charge in [-0.25, -0.2) is 10.6 Å². The molecular formula is C12H18N4O2S. The quantitative estimate of drug-likeness (QED) is 0.338. The summed E-state index contributed by atoms with van der Waals surface area (Å²) < 4.78 is 0. The van der Waals surface area contributed by atoms with E-state index in [1.54, 1.807) is 11.6 Å². The number of nitrogens with one attached hydrogen (secondary N) is 1. The maximum absolute atomic E-state index is 11.9. The van der Waals surface area contributed by atoms with Gasteiger partial charge in [0.1, 0.15) is 0 Å². The van der Waals surface area contributed by atoms with Crippen molar-refractivity contribution in [2.24, 2.45) is 11.8 Å². The Labute approximate surface area is 116 Å². The average molecular weight is 282 g/mol. The number of carbonyl (C=O) groups excluding carboxylic acids is 2. The van der Waals surface area contributed by atoms with Crippen LogP contribution in [0.2, 0.25) is 0 Å². The van der Waals surface area contributed by atoms with E-state index in [-0.39, 0.29) is 0 Å². The molecule has 0 spiro atoms. The van der Waals surface area contributed by atoms with Gasteiger partial charge in [-0.15, -0.1) is 0 Å². The summed E-state index contributed by atoms with van der Waals surface area (Å²) in [5.41, 5.74) is 2.12. The Morgan fingerprint density at radius 1 is 1.53 bits per heavy atom. The predicted molar refractivity (Wildman–Crippen MR) is 72.5 cm³/mol. The lowest BCUT2D eigenvalue weighted by Gasteiger charge is -2.41. The molecule has 2 saturated carbocycles. The van der Waals surface area contributed by atoms with Crippen LogP contribution in [0.4, 0.5) is 4.79 Å². The van der Waals surface area contributed by atoms with E-state index < -0.39 is 11.0 Å². The Balaban J connectivity index is 1.86. The maximum Gasteiger partial charge on any atom is 0.338 e. The standard InChI is InChI=1S/C12H18N4O2S/c13-14-11(18)15-5-6-19-12(15,8-17)16(10-3-4-10)7-9-1-2-9/h5-6,8-10H,1-4,7,13H2,(H,14,18). The molecule has 0 aromatic rings. The molecule has 1 aliphatic heterocycles. The molecule has 1 heterocycles. The van der Waals surface area contributed by atoms with Crippen molar-refractivity contribution < 1.29 is 9.59 Å². The summed E-state index contributed by atoms with van der Waals surface area (Å²) in [6, 6.07) is -0.0407. The van der Waals surface area contributed by atoms with Gasteiger partial charge in [-0.05, 0) is 37.0 Å². The molecule has 3 N–H and O–H groups in total. The molecule has 0 saturated heterocycles. The van der Waals surface area contributed by atoms with Gasteiger partial charge >= 0.3 is 6.03 Å². The van der Waals surface area contributed by atoms with Crippen molar-refractivity contribution in [3.63, 3.8) is 0 Å². The number of aldehydes is 1. The highest BCUT2D eigenvalue weighted by atomic mass is 32.2. The summed E-state index contributed by atoms with van der Waals surface area (Å²) in [7, 11) is 0. The first-order valence-corrected chi connectivity index (χ1v) is 7.46. The lowest BCUT2D eigenvalue weighted by atomic mass is 10.3. The molecule has 3 rings (SSSR count). The van der Waals surface area contributed by atoms with Gasteiger partial charge in [0.25, 0.3) is 0 Å². The molecule has 2 aliphatic carbocycles. The molecule has 0 aromatic carbocycles. The van der Waals surface area contributed by atoms with Gasteiger partial charge in [0.05, 0.1) is 0 Å². The van der Waals surface area contributed by atoms with E-state index in [9.17, 15) is 9.59 Å². The van der Waals surface area contributed by atoms with Gasteiger partial charge < -0.3 is 0 Å². The molecule has 3 aliphatic rings. The van der Waals surface area contributed by atoms with Gasteiger partial charge in [0, 0.05) is 18.8 Å². The van der Waals surface area contributed by atoms with Crippen molar-refractivity contribution in [1.29, 1.82) is 0 Å². The van der Waals surface area contributed by atoms with E-state index >= 15 is 0 Å². The summed E-state index contributed by atoms with van der Waals surface area (Å²) in [5.74, 6) is 5.88. The molecule has 1 atom stereocenters. The van der Waals surface area contributed by atoms with Crippen LogP contribution in [0.1, 0.15) is 25.7 Å². The van der Waals surface area contributed by atoms with Crippen molar-refractivity contribution in [1.82, 2.24) is 15.2 Å². The van der Waals surface area contributed by atoms with Gasteiger partial charge in [-0.3, -0.25) is 20.0 Å². The minimum atomic E-state index is -0.951. The fourth-order valence-electron chi connectivity index (χ4n) is 2.50. The average Bonchev–Trinajstić information content (AvgIpc) is 3.33. The van der Waals surface area contributed by atoms with Crippen LogP contribution in [-0.4, -0.2) is 39.7 Å². The number of hydrogen-bond donors (Lipinski definition) is 2. The first-order chi connectivity index (χ1) is 9.21. The minimum Gasteiger partial charge on any atom is -0.298 e. The van der Waals surface area contributed by atoms with Crippen LogP contribution in [-0.2, 0) is 4.79 Å². The Hall–Kier alpha value is -1.05. The second kappa shape index (κ2) is 4.81. The smallest absolute Gasteiger partial charge is 0.298 e. The maximum atomic E-state index is 11.9. The van der Waals surface area contributed by atoms with E-state index in [4.69, 9.17) is 5.84 Å². The number of nitrogens with two attached hydrogens (primary N) is 1. The molecule has 0 radical (unpaired) electrons. The summed E-state index contributed by atoms with van der Waals surface area (Å²) in [6.07, 6.45) is 7.14. The van der Waals surface area contributed by atoms with E-state index in [1.165, 1.54) is 29.5 Å². The van der Waals surface area contributed by atoms with Crippen LogP contribution in [0.25, 0.3) is 0 Å². The molecule has 7 heteroatoms. The first-order valence-electron chi connectivity index (χ1n) is 6.59. The van der Waals surface area contributed by atoms with Gasteiger partial charge in [0.15, 0.2) is 6.29 Å². The minimum absolute atomic E-state index is 0.409. The van der Waals surface area contributed by atoms with Gasteiger partial charge in [-0.1, -0.05) is 11.8 Å².